The number of aliphatic hydroxyl groups excluding tert-OH is 1. The molecule has 0 bridgehead atoms. The molecule has 4 aliphatic rings. The number of carbonyl (C=O) groups excluding carboxylic acids is 1. The van der Waals surface area contributed by atoms with Crippen molar-refractivity contribution >= 4 is 5.97 Å². The van der Waals surface area contributed by atoms with E-state index in [0.29, 0.717) is 29.1 Å². The molecular weight excluding hydrogens is 312 g/mol. The van der Waals surface area contributed by atoms with Crippen LogP contribution in [-0.4, -0.2) is 23.3 Å². The van der Waals surface area contributed by atoms with E-state index in [1.54, 1.807) is 0 Å². The molecule has 0 radical (unpaired) electrons. The van der Waals surface area contributed by atoms with Crippen LogP contribution in [0.25, 0.3) is 0 Å². The Labute approximate surface area is 152 Å². The Morgan fingerprint density at radius 2 is 1.92 bits per heavy atom. The van der Waals surface area contributed by atoms with Crippen molar-refractivity contribution in [2.45, 2.75) is 84.3 Å². The van der Waals surface area contributed by atoms with E-state index in [4.69, 9.17) is 4.74 Å². The second kappa shape index (κ2) is 5.84. The van der Waals surface area contributed by atoms with Crippen LogP contribution in [0.2, 0.25) is 0 Å². The van der Waals surface area contributed by atoms with Crippen molar-refractivity contribution < 1.29 is 14.6 Å². The first-order chi connectivity index (χ1) is 11.8. The molecule has 4 rings (SSSR count). The van der Waals surface area contributed by atoms with Crippen molar-refractivity contribution in [1.82, 2.24) is 0 Å². The highest BCUT2D eigenvalue weighted by atomic mass is 16.5. The standard InChI is InChI=1S/C22H34O3/c1-13-5-6-17-20-18(8-10-21(13,17)3)22(4)9-7-16(25-14(2)23)11-15(22)12-19(20)24/h15-20,24H,1,5-12H2,2-4H3/t15?,16-,17?,18?,19-,20-,21+,22-/m0/s1. The maximum atomic E-state index is 11.4. The first kappa shape index (κ1) is 17.6. The molecule has 1 N–H and O–H groups in total. The minimum absolute atomic E-state index is 0.0550. The number of carbonyl (C=O) groups is 1. The number of rotatable bonds is 1. The third kappa shape index (κ3) is 2.52. The molecule has 0 spiro atoms. The summed E-state index contributed by atoms with van der Waals surface area (Å²) in [4.78, 5) is 11.4. The van der Waals surface area contributed by atoms with Gasteiger partial charge < -0.3 is 9.84 Å². The molecule has 3 heteroatoms. The zero-order valence-electron chi connectivity index (χ0n) is 16.1. The molecule has 4 aliphatic carbocycles. The zero-order chi connectivity index (χ0) is 18.0. The van der Waals surface area contributed by atoms with E-state index in [1.807, 2.05) is 0 Å². The molecule has 0 amide bonds. The van der Waals surface area contributed by atoms with Crippen molar-refractivity contribution in [3.8, 4) is 0 Å². The molecule has 0 aliphatic heterocycles. The Balaban J connectivity index is 1.59. The molecule has 8 atom stereocenters. The fourth-order valence-corrected chi connectivity index (χ4v) is 7.43. The molecule has 0 aromatic rings. The Bertz CT molecular complexity index is 584. The summed E-state index contributed by atoms with van der Waals surface area (Å²) in [5, 5.41) is 11.1. The monoisotopic (exact) mass is 346 g/mol. The number of allylic oxidation sites excluding steroid dienone is 1. The summed E-state index contributed by atoms with van der Waals surface area (Å²) in [6.45, 7) is 10.8. The van der Waals surface area contributed by atoms with Crippen LogP contribution in [-0.2, 0) is 9.53 Å². The van der Waals surface area contributed by atoms with E-state index in [2.05, 4.69) is 20.4 Å². The second-order valence-corrected chi connectivity index (χ2v) is 9.90. The van der Waals surface area contributed by atoms with Crippen molar-refractivity contribution in [2.24, 2.45) is 34.5 Å². The van der Waals surface area contributed by atoms with Gasteiger partial charge in [-0.3, -0.25) is 4.79 Å². The smallest absolute Gasteiger partial charge is 0.302 e. The van der Waals surface area contributed by atoms with Gasteiger partial charge in [-0.15, -0.1) is 0 Å². The van der Waals surface area contributed by atoms with Crippen molar-refractivity contribution in [2.75, 3.05) is 0 Å². The molecular formula is C22H34O3. The van der Waals surface area contributed by atoms with Crippen LogP contribution < -0.4 is 0 Å². The molecule has 3 unspecified atom stereocenters. The second-order valence-electron chi connectivity index (χ2n) is 9.90. The Morgan fingerprint density at radius 1 is 1.16 bits per heavy atom. The van der Waals surface area contributed by atoms with Gasteiger partial charge in [0.05, 0.1) is 6.10 Å². The van der Waals surface area contributed by atoms with Gasteiger partial charge in [-0.1, -0.05) is 26.0 Å². The quantitative estimate of drug-likeness (QED) is 0.562. The summed E-state index contributed by atoms with van der Waals surface area (Å²) in [6.07, 6.45) is 8.61. The van der Waals surface area contributed by atoms with Gasteiger partial charge in [0.25, 0.3) is 0 Å². The molecule has 4 fully saturated rings. The summed E-state index contributed by atoms with van der Waals surface area (Å²) >= 11 is 0. The van der Waals surface area contributed by atoms with E-state index in [0.717, 1.165) is 32.1 Å². The number of hydrogen-bond acceptors (Lipinski definition) is 3. The lowest BCUT2D eigenvalue weighted by atomic mass is 9.44. The van der Waals surface area contributed by atoms with E-state index in [-0.39, 0.29) is 23.6 Å². The zero-order valence-corrected chi connectivity index (χ0v) is 16.1. The minimum atomic E-state index is -0.199. The topological polar surface area (TPSA) is 46.5 Å². The molecule has 0 saturated heterocycles. The van der Waals surface area contributed by atoms with Crippen molar-refractivity contribution in [3.05, 3.63) is 12.2 Å². The summed E-state index contributed by atoms with van der Waals surface area (Å²) in [6, 6.07) is 0. The number of aliphatic hydroxyl groups is 1. The van der Waals surface area contributed by atoms with Crippen LogP contribution >= 0.6 is 0 Å². The molecule has 25 heavy (non-hydrogen) atoms. The summed E-state index contributed by atoms with van der Waals surface area (Å²) in [5.74, 6) is 1.97. The lowest BCUT2D eigenvalue weighted by molar-refractivity contribution is -0.175. The van der Waals surface area contributed by atoms with Gasteiger partial charge in [0.15, 0.2) is 0 Å². The molecule has 3 nitrogen and oxygen atoms in total. The van der Waals surface area contributed by atoms with E-state index in [1.165, 1.54) is 31.8 Å². The highest BCUT2D eigenvalue weighted by Crippen LogP contribution is 2.67. The number of ether oxygens (including phenoxy) is 1. The Hall–Kier alpha value is -0.830. The lowest BCUT2D eigenvalue weighted by Gasteiger charge is -2.61. The average Bonchev–Trinajstić information content (AvgIpc) is 2.84. The molecule has 0 aromatic carbocycles. The van der Waals surface area contributed by atoms with Crippen molar-refractivity contribution in [1.29, 1.82) is 0 Å². The van der Waals surface area contributed by atoms with Gasteiger partial charge in [-0.2, -0.15) is 0 Å². The molecule has 0 aromatic heterocycles. The molecule has 140 valence electrons. The predicted octanol–water partition coefficient (Wildman–Crippen LogP) is 4.49. The maximum absolute atomic E-state index is 11.4. The van der Waals surface area contributed by atoms with Gasteiger partial charge in [-0.05, 0) is 85.9 Å². The Morgan fingerprint density at radius 3 is 2.64 bits per heavy atom. The highest BCUT2D eigenvalue weighted by molar-refractivity contribution is 5.66. The van der Waals surface area contributed by atoms with Crippen molar-refractivity contribution in [3.63, 3.8) is 0 Å². The van der Waals surface area contributed by atoms with Gasteiger partial charge in [0.1, 0.15) is 6.10 Å². The van der Waals surface area contributed by atoms with Gasteiger partial charge in [0.2, 0.25) is 0 Å². The third-order valence-corrected chi connectivity index (χ3v) is 8.92. The third-order valence-electron chi connectivity index (χ3n) is 8.92. The summed E-state index contributed by atoms with van der Waals surface area (Å²) in [7, 11) is 0. The normalized spacial score (nSPS) is 52.1. The highest BCUT2D eigenvalue weighted by Gasteiger charge is 2.61. The van der Waals surface area contributed by atoms with Gasteiger partial charge in [0, 0.05) is 6.92 Å². The number of fused-ring (bicyclic) bond motifs is 5. The maximum Gasteiger partial charge on any atom is 0.302 e. The molecule has 4 saturated carbocycles. The molecule has 0 heterocycles. The van der Waals surface area contributed by atoms with Crippen LogP contribution in [0.15, 0.2) is 12.2 Å². The SMILES string of the molecule is C=C1CCC2[C@H]3C(CC[C@]12C)[C@@]1(C)CC[C@H](OC(C)=O)CC1C[C@@H]3O. The van der Waals surface area contributed by atoms with Crippen LogP contribution in [0.5, 0.6) is 0 Å². The van der Waals surface area contributed by atoms with Crippen LogP contribution in [0.3, 0.4) is 0 Å². The van der Waals surface area contributed by atoms with Gasteiger partial charge in [-0.25, -0.2) is 0 Å². The lowest BCUT2D eigenvalue weighted by Crippen LogP contribution is -2.58. The van der Waals surface area contributed by atoms with Gasteiger partial charge >= 0.3 is 5.97 Å². The van der Waals surface area contributed by atoms with E-state index < -0.39 is 0 Å². The minimum Gasteiger partial charge on any atom is -0.463 e. The number of hydrogen-bond donors (Lipinski definition) is 1. The first-order valence-electron chi connectivity index (χ1n) is 10.3. The number of esters is 1. The fourth-order valence-electron chi connectivity index (χ4n) is 7.43. The summed E-state index contributed by atoms with van der Waals surface area (Å²) < 4.78 is 5.52. The summed E-state index contributed by atoms with van der Waals surface area (Å²) in [5.41, 5.74) is 1.97. The van der Waals surface area contributed by atoms with E-state index in [9.17, 15) is 9.90 Å². The average molecular weight is 347 g/mol. The largest absolute Gasteiger partial charge is 0.463 e. The van der Waals surface area contributed by atoms with Crippen LogP contribution in [0.1, 0.15) is 72.1 Å². The van der Waals surface area contributed by atoms with E-state index >= 15 is 0 Å². The predicted molar refractivity (Wildman–Crippen MR) is 97.8 cm³/mol. The van der Waals surface area contributed by atoms with Crippen LogP contribution in [0, 0.1) is 34.5 Å². The van der Waals surface area contributed by atoms with Crippen LogP contribution in [0.4, 0.5) is 0 Å². The first-order valence-corrected chi connectivity index (χ1v) is 10.3. The fraction of sp³-hybridized carbons (Fsp3) is 0.864. The Kier molecular flexibility index (Phi) is 4.10.